The molecule has 1 N–H and O–H groups in total. The van der Waals surface area contributed by atoms with Crippen LogP contribution in [0.15, 0.2) is 18.2 Å². The fourth-order valence-electron chi connectivity index (χ4n) is 4.54. The summed E-state index contributed by atoms with van der Waals surface area (Å²) in [6.07, 6.45) is 3.98. The predicted octanol–water partition coefficient (Wildman–Crippen LogP) is 1.98. The molecule has 0 aromatic heterocycles. The van der Waals surface area contributed by atoms with Crippen LogP contribution in [0.5, 0.6) is 0 Å². The summed E-state index contributed by atoms with van der Waals surface area (Å²) in [5, 5.41) is 9.57. The third-order valence-corrected chi connectivity index (χ3v) is 6.22. The van der Waals surface area contributed by atoms with Crippen LogP contribution in [0.4, 0.5) is 4.39 Å². The lowest BCUT2D eigenvalue weighted by Gasteiger charge is -2.53. The number of carbonyl (C=O) groups is 1. The first-order chi connectivity index (χ1) is 12.0. The molecule has 1 saturated carbocycles. The molecule has 1 spiro atoms. The van der Waals surface area contributed by atoms with Gasteiger partial charge in [0.05, 0.1) is 12.0 Å². The lowest BCUT2D eigenvalue weighted by molar-refractivity contribution is -0.143. The highest BCUT2D eigenvalue weighted by atomic mass is 19.1. The number of likely N-dealkylation sites (tertiary alicyclic amines) is 2. The smallest absolute Gasteiger partial charge is 0.227 e. The van der Waals surface area contributed by atoms with Gasteiger partial charge in [0.15, 0.2) is 0 Å². The van der Waals surface area contributed by atoms with Crippen LogP contribution in [-0.4, -0.2) is 59.1 Å². The quantitative estimate of drug-likeness (QED) is 0.887. The Morgan fingerprint density at radius 2 is 2.08 bits per heavy atom. The number of carbonyl (C=O) groups excluding carboxylic acids is 1. The zero-order valence-electron chi connectivity index (χ0n) is 14.9. The third kappa shape index (κ3) is 3.32. The van der Waals surface area contributed by atoms with Gasteiger partial charge in [-0.25, -0.2) is 4.39 Å². The molecule has 1 atom stereocenters. The molecule has 2 heterocycles. The summed E-state index contributed by atoms with van der Waals surface area (Å²) in [4.78, 5) is 17.1. The first kappa shape index (κ1) is 17.0. The van der Waals surface area contributed by atoms with Gasteiger partial charge in [-0.1, -0.05) is 6.07 Å². The maximum Gasteiger partial charge on any atom is 0.227 e. The molecule has 2 saturated heterocycles. The van der Waals surface area contributed by atoms with Crippen LogP contribution in [0.3, 0.4) is 0 Å². The van der Waals surface area contributed by atoms with Crippen LogP contribution in [-0.2, 0) is 11.2 Å². The molecule has 0 unspecified atom stereocenters. The van der Waals surface area contributed by atoms with Gasteiger partial charge in [0.2, 0.25) is 5.91 Å². The van der Waals surface area contributed by atoms with Crippen molar-refractivity contribution in [3.05, 3.63) is 35.1 Å². The number of hydrogen-bond donors (Lipinski definition) is 1. The van der Waals surface area contributed by atoms with E-state index in [9.17, 15) is 14.3 Å². The van der Waals surface area contributed by atoms with Gasteiger partial charge in [0.1, 0.15) is 5.82 Å². The number of benzene rings is 1. The maximum atomic E-state index is 13.2. The number of aryl methyl sites for hydroxylation is 1. The molecule has 0 bridgehead atoms. The van der Waals surface area contributed by atoms with Gasteiger partial charge in [-0.15, -0.1) is 0 Å². The van der Waals surface area contributed by atoms with E-state index in [2.05, 4.69) is 4.90 Å². The molecular weight excluding hydrogens is 319 g/mol. The van der Waals surface area contributed by atoms with Gasteiger partial charge in [-0.2, -0.15) is 0 Å². The molecule has 25 heavy (non-hydrogen) atoms. The molecular formula is C20H27FN2O2. The largest absolute Gasteiger partial charge is 0.396 e. The summed E-state index contributed by atoms with van der Waals surface area (Å²) >= 11 is 0. The van der Waals surface area contributed by atoms with Crippen LogP contribution in [0.25, 0.3) is 0 Å². The van der Waals surface area contributed by atoms with E-state index in [4.69, 9.17) is 0 Å². The van der Waals surface area contributed by atoms with Gasteiger partial charge in [-0.05, 0) is 61.3 Å². The minimum absolute atomic E-state index is 0.0868. The van der Waals surface area contributed by atoms with E-state index in [1.54, 1.807) is 6.07 Å². The highest BCUT2D eigenvalue weighted by molar-refractivity contribution is 5.80. The highest BCUT2D eigenvalue weighted by Crippen LogP contribution is 2.43. The number of aliphatic hydroxyl groups excluding tert-OH is 1. The van der Waals surface area contributed by atoms with Gasteiger partial charge in [0.25, 0.3) is 0 Å². The number of halogens is 1. The molecule has 5 heteroatoms. The Bertz CT molecular complexity index is 668. The minimum Gasteiger partial charge on any atom is -0.396 e. The lowest BCUT2D eigenvalue weighted by Crippen LogP contribution is -2.69. The van der Waals surface area contributed by atoms with Crippen molar-refractivity contribution in [2.45, 2.75) is 38.1 Å². The molecule has 3 aliphatic rings. The summed E-state index contributed by atoms with van der Waals surface area (Å²) in [5.41, 5.74) is 1.82. The van der Waals surface area contributed by atoms with Gasteiger partial charge in [-0.3, -0.25) is 9.69 Å². The Labute approximate surface area is 148 Å². The predicted molar refractivity (Wildman–Crippen MR) is 93.6 cm³/mol. The summed E-state index contributed by atoms with van der Waals surface area (Å²) in [7, 11) is 0. The van der Waals surface area contributed by atoms with Crippen LogP contribution in [0.2, 0.25) is 0 Å². The second-order valence-electron chi connectivity index (χ2n) is 8.32. The van der Waals surface area contributed by atoms with Gasteiger partial charge >= 0.3 is 0 Å². The first-order valence-corrected chi connectivity index (χ1v) is 9.38. The van der Waals surface area contributed by atoms with E-state index in [1.165, 1.54) is 25.0 Å². The Balaban J connectivity index is 1.38. The summed E-state index contributed by atoms with van der Waals surface area (Å²) in [6, 6.07) is 4.63. The molecule has 1 aromatic rings. The number of hydrogen-bond acceptors (Lipinski definition) is 3. The molecule has 1 aromatic carbocycles. The summed E-state index contributed by atoms with van der Waals surface area (Å²) in [6.45, 7) is 5.72. The summed E-state index contributed by atoms with van der Waals surface area (Å²) in [5.74, 6) is 1.03. The van der Waals surface area contributed by atoms with Crippen molar-refractivity contribution < 1.29 is 14.3 Å². The Hall–Kier alpha value is -1.46. The number of nitrogens with zero attached hydrogens (tertiary/aromatic N) is 2. The number of aliphatic hydroxyl groups is 1. The SMILES string of the molecule is Cc1cc(F)ccc1CC(=O)N1CC2(C[C@H](CO)CN2CC2CC2)C1. The van der Waals surface area contributed by atoms with Crippen molar-refractivity contribution in [3.63, 3.8) is 0 Å². The van der Waals surface area contributed by atoms with Crippen molar-refractivity contribution in [1.82, 2.24) is 9.80 Å². The molecule has 1 amide bonds. The van der Waals surface area contributed by atoms with E-state index >= 15 is 0 Å². The third-order valence-electron chi connectivity index (χ3n) is 6.22. The van der Waals surface area contributed by atoms with Crippen LogP contribution < -0.4 is 0 Å². The van der Waals surface area contributed by atoms with Gasteiger partial charge in [0, 0.05) is 32.8 Å². The Morgan fingerprint density at radius 3 is 2.72 bits per heavy atom. The second-order valence-corrected chi connectivity index (χ2v) is 8.32. The molecule has 136 valence electrons. The molecule has 4 rings (SSSR count). The normalized spacial score (nSPS) is 25.4. The number of amides is 1. The fraction of sp³-hybridized carbons (Fsp3) is 0.650. The topological polar surface area (TPSA) is 43.8 Å². The summed E-state index contributed by atoms with van der Waals surface area (Å²) < 4.78 is 13.2. The molecule has 1 aliphatic carbocycles. The minimum atomic E-state index is -0.256. The fourth-order valence-corrected chi connectivity index (χ4v) is 4.54. The van der Waals surface area contributed by atoms with E-state index in [0.717, 1.165) is 49.6 Å². The van der Waals surface area contributed by atoms with Crippen LogP contribution in [0, 0.1) is 24.6 Å². The van der Waals surface area contributed by atoms with Crippen molar-refractivity contribution in [1.29, 1.82) is 0 Å². The zero-order chi connectivity index (χ0) is 17.6. The molecule has 4 nitrogen and oxygen atoms in total. The first-order valence-electron chi connectivity index (χ1n) is 9.38. The standard InChI is InChI=1S/C20H27FN2O2/c1-14-6-18(21)5-4-17(14)7-19(25)22-12-20(13-22)8-16(11-24)10-23(20)9-15-2-3-15/h4-6,15-16,24H,2-3,7-13H2,1H3/t16-/m0/s1. The Kier molecular flexibility index (Phi) is 4.32. The van der Waals surface area contributed by atoms with Crippen LogP contribution in [0.1, 0.15) is 30.4 Å². The molecule has 2 aliphatic heterocycles. The van der Waals surface area contributed by atoms with Crippen LogP contribution >= 0.6 is 0 Å². The van der Waals surface area contributed by atoms with Crippen molar-refractivity contribution in [3.8, 4) is 0 Å². The van der Waals surface area contributed by atoms with Crippen molar-refractivity contribution >= 4 is 5.91 Å². The monoisotopic (exact) mass is 346 g/mol. The van der Waals surface area contributed by atoms with E-state index < -0.39 is 0 Å². The molecule has 3 fully saturated rings. The maximum absolute atomic E-state index is 13.2. The van der Waals surface area contributed by atoms with E-state index in [0.29, 0.717) is 12.3 Å². The average molecular weight is 346 g/mol. The number of rotatable bonds is 5. The highest BCUT2D eigenvalue weighted by Gasteiger charge is 2.54. The zero-order valence-corrected chi connectivity index (χ0v) is 14.9. The molecule has 0 radical (unpaired) electrons. The average Bonchev–Trinajstić information content (AvgIpc) is 3.27. The van der Waals surface area contributed by atoms with E-state index in [1.807, 2.05) is 11.8 Å². The van der Waals surface area contributed by atoms with Gasteiger partial charge < -0.3 is 10.0 Å². The second kappa shape index (κ2) is 6.36. The Morgan fingerprint density at radius 1 is 1.32 bits per heavy atom. The van der Waals surface area contributed by atoms with Crippen molar-refractivity contribution in [2.24, 2.45) is 11.8 Å². The lowest BCUT2D eigenvalue weighted by atomic mass is 9.84. The van der Waals surface area contributed by atoms with E-state index in [-0.39, 0.29) is 23.9 Å². The van der Waals surface area contributed by atoms with Crippen molar-refractivity contribution in [2.75, 3.05) is 32.8 Å².